The first kappa shape index (κ1) is 15.2. The molecule has 19 heavy (non-hydrogen) atoms. The van der Waals surface area contributed by atoms with Gasteiger partial charge in [0.2, 0.25) is 5.91 Å². The Bertz CT molecular complexity index is 501. The number of hydrogen-bond donors (Lipinski definition) is 2. The van der Waals surface area contributed by atoms with Crippen molar-refractivity contribution in [2.45, 2.75) is 25.8 Å². The van der Waals surface area contributed by atoms with Crippen molar-refractivity contribution in [3.05, 3.63) is 34.9 Å². The van der Waals surface area contributed by atoms with Crippen molar-refractivity contribution in [3.8, 4) is 0 Å². The van der Waals surface area contributed by atoms with Crippen LogP contribution in [0.4, 0.5) is 0 Å². The number of carbonyl (C=O) groups excluding carboxylic acids is 2. The van der Waals surface area contributed by atoms with Gasteiger partial charge in [0.1, 0.15) is 0 Å². The predicted molar refractivity (Wildman–Crippen MR) is 70.0 cm³/mol. The Morgan fingerprint density at radius 3 is 2.58 bits per heavy atom. The van der Waals surface area contributed by atoms with Gasteiger partial charge in [0.15, 0.2) is 11.8 Å². The number of benzene rings is 1. The summed E-state index contributed by atoms with van der Waals surface area (Å²) < 4.78 is 0. The maximum atomic E-state index is 11.7. The molecule has 1 aromatic rings. The average Bonchev–Trinajstić information content (AvgIpc) is 2.32. The quantitative estimate of drug-likeness (QED) is 0.774. The summed E-state index contributed by atoms with van der Waals surface area (Å²) in [5.74, 6) is -2.45. The number of ketones is 1. The molecule has 0 fully saturated rings. The number of hydrogen-bond acceptors (Lipinski definition) is 3. The monoisotopic (exact) mass is 283 g/mol. The second-order valence-electron chi connectivity index (χ2n) is 4.07. The minimum atomic E-state index is -1.49. The van der Waals surface area contributed by atoms with Crippen molar-refractivity contribution >= 4 is 29.3 Å². The molecule has 0 radical (unpaired) electrons. The molecule has 0 aliphatic carbocycles. The number of aliphatic carboxylic acids is 1. The molecule has 0 aromatic heterocycles. The van der Waals surface area contributed by atoms with E-state index >= 15 is 0 Å². The van der Waals surface area contributed by atoms with Gasteiger partial charge in [0.25, 0.3) is 0 Å². The van der Waals surface area contributed by atoms with Gasteiger partial charge >= 0.3 is 5.97 Å². The minimum absolute atomic E-state index is 0.0254. The first-order valence-electron chi connectivity index (χ1n) is 5.67. The molecule has 0 saturated heterocycles. The lowest BCUT2D eigenvalue weighted by Gasteiger charge is -2.11. The smallest absolute Gasteiger partial charge is 0.334 e. The molecule has 1 unspecified atom stereocenters. The predicted octanol–water partition coefficient (Wildman–Crippen LogP) is 1.43. The third-order valence-electron chi connectivity index (χ3n) is 2.47. The minimum Gasteiger partial charge on any atom is -0.479 e. The highest BCUT2D eigenvalue weighted by Crippen LogP contribution is 2.12. The molecule has 2 N–H and O–H groups in total. The number of halogens is 1. The zero-order valence-corrected chi connectivity index (χ0v) is 11.1. The summed E-state index contributed by atoms with van der Waals surface area (Å²) in [5.41, 5.74) is 0.841. The van der Waals surface area contributed by atoms with Gasteiger partial charge in [-0.3, -0.25) is 9.59 Å². The van der Waals surface area contributed by atoms with Crippen LogP contribution in [0, 0.1) is 0 Å². The van der Waals surface area contributed by atoms with Crippen molar-refractivity contribution in [1.82, 2.24) is 5.32 Å². The van der Waals surface area contributed by atoms with Gasteiger partial charge in [0, 0.05) is 18.4 Å². The first-order chi connectivity index (χ1) is 8.90. The van der Waals surface area contributed by atoms with Crippen LogP contribution in [-0.4, -0.2) is 28.8 Å². The largest absolute Gasteiger partial charge is 0.479 e. The fourth-order valence-corrected chi connectivity index (χ4v) is 1.80. The number of aryl methyl sites for hydroxylation is 1. The maximum absolute atomic E-state index is 11.7. The van der Waals surface area contributed by atoms with Crippen LogP contribution in [0.25, 0.3) is 0 Å². The van der Waals surface area contributed by atoms with Crippen LogP contribution in [0.2, 0.25) is 5.02 Å². The lowest BCUT2D eigenvalue weighted by atomic mass is 10.0. The average molecular weight is 284 g/mol. The molecule has 5 nitrogen and oxygen atoms in total. The standard InChI is InChI=1S/C13H14ClNO4/c1-8(16)15-12(13(18)19)11(17)6-5-9-3-2-4-10(14)7-9/h2-4,7,12H,5-6H2,1H3,(H,15,16)(H,18,19). The normalized spacial score (nSPS) is 11.7. The van der Waals surface area contributed by atoms with E-state index in [4.69, 9.17) is 16.7 Å². The summed E-state index contributed by atoms with van der Waals surface area (Å²) in [4.78, 5) is 33.5. The Labute approximate surface area is 115 Å². The molecule has 1 atom stereocenters. The van der Waals surface area contributed by atoms with Crippen molar-refractivity contribution in [2.75, 3.05) is 0 Å². The number of amides is 1. The van der Waals surface area contributed by atoms with Crippen LogP contribution in [-0.2, 0) is 20.8 Å². The van der Waals surface area contributed by atoms with Crippen molar-refractivity contribution in [1.29, 1.82) is 0 Å². The second kappa shape index (κ2) is 6.89. The summed E-state index contributed by atoms with van der Waals surface area (Å²) in [7, 11) is 0. The number of Topliss-reactive ketones (excluding diaryl/α,β-unsaturated/α-hetero) is 1. The number of rotatable bonds is 6. The molecule has 1 aromatic carbocycles. The van der Waals surface area contributed by atoms with E-state index in [0.717, 1.165) is 5.56 Å². The molecule has 1 amide bonds. The van der Waals surface area contributed by atoms with E-state index < -0.39 is 23.7 Å². The highest BCUT2D eigenvalue weighted by Gasteiger charge is 2.26. The van der Waals surface area contributed by atoms with Crippen molar-refractivity contribution in [3.63, 3.8) is 0 Å². The van der Waals surface area contributed by atoms with Crippen LogP contribution < -0.4 is 5.32 Å². The first-order valence-corrected chi connectivity index (χ1v) is 6.05. The molecule has 0 spiro atoms. The molecule has 0 aliphatic rings. The third-order valence-corrected chi connectivity index (χ3v) is 2.70. The van der Waals surface area contributed by atoms with Gasteiger partial charge in [-0.25, -0.2) is 4.79 Å². The Hall–Kier alpha value is -1.88. The van der Waals surface area contributed by atoms with Crippen LogP contribution in [0.3, 0.4) is 0 Å². The van der Waals surface area contributed by atoms with Gasteiger partial charge in [-0.15, -0.1) is 0 Å². The number of nitrogens with one attached hydrogen (secondary N) is 1. The third kappa shape index (κ3) is 5.09. The van der Waals surface area contributed by atoms with Crippen LogP contribution >= 0.6 is 11.6 Å². The fraction of sp³-hybridized carbons (Fsp3) is 0.308. The fourth-order valence-electron chi connectivity index (χ4n) is 1.59. The van der Waals surface area contributed by atoms with E-state index in [1.54, 1.807) is 24.3 Å². The van der Waals surface area contributed by atoms with Crippen molar-refractivity contribution < 1.29 is 19.5 Å². The molecule has 0 aliphatic heterocycles. The number of carboxylic acids is 1. The van der Waals surface area contributed by atoms with E-state index in [2.05, 4.69) is 5.32 Å². The Balaban J connectivity index is 2.62. The molecule has 6 heteroatoms. The van der Waals surface area contributed by atoms with Crippen LogP contribution in [0.5, 0.6) is 0 Å². The van der Waals surface area contributed by atoms with Crippen molar-refractivity contribution in [2.24, 2.45) is 0 Å². The number of carboxylic acid groups (broad SMARTS) is 1. The van der Waals surface area contributed by atoms with E-state index in [0.29, 0.717) is 11.4 Å². The second-order valence-corrected chi connectivity index (χ2v) is 4.50. The Morgan fingerprint density at radius 2 is 2.05 bits per heavy atom. The lowest BCUT2D eigenvalue weighted by molar-refractivity contribution is -0.145. The number of carbonyl (C=O) groups is 3. The summed E-state index contributed by atoms with van der Waals surface area (Å²) in [5, 5.41) is 11.5. The molecule has 1 rings (SSSR count). The molecule has 0 bridgehead atoms. The lowest BCUT2D eigenvalue weighted by Crippen LogP contribution is -2.45. The summed E-state index contributed by atoms with van der Waals surface area (Å²) in [6, 6.07) is 5.49. The van der Waals surface area contributed by atoms with Crippen LogP contribution in [0.1, 0.15) is 18.9 Å². The zero-order chi connectivity index (χ0) is 14.4. The van der Waals surface area contributed by atoms with Gasteiger partial charge in [-0.2, -0.15) is 0 Å². The van der Waals surface area contributed by atoms with E-state index in [-0.39, 0.29) is 6.42 Å². The van der Waals surface area contributed by atoms with E-state index in [1.807, 2.05) is 0 Å². The molecule has 0 saturated carbocycles. The van der Waals surface area contributed by atoms with Gasteiger partial charge in [-0.05, 0) is 24.1 Å². The maximum Gasteiger partial charge on any atom is 0.334 e. The van der Waals surface area contributed by atoms with Gasteiger partial charge in [0.05, 0.1) is 0 Å². The van der Waals surface area contributed by atoms with E-state index in [9.17, 15) is 14.4 Å². The summed E-state index contributed by atoms with van der Waals surface area (Å²) in [6.45, 7) is 1.17. The Morgan fingerprint density at radius 1 is 1.37 bits per heavy atom. The molecule has 102 valence electrons. The Kier molecular flexibility index (Phi) is 5.51. The molecular weight excluding hydrogens is 270 g/mol. The zero-order valence-electron chi connectivity index (χ0n) is 10.4. The van der Waals surface area contributed by atoms with E-state index in [1.165, 1.54) is 6.92 Å². The summed E-state index contributed by atoms with van der Waals surface area (Å²) >= 11 is 5.81. The topological polar surface area (TPSA) is 83.5 Å². The van der Waals surface area contributed by atoms with Gasteiger partial charge in [-0.1, -0.05) is 23.7 Å². The highest BCUT2D eigenvalue weighted by molar-refractivity contribution is 6.30. The molecular formula is C13H14ClNO4. The highest BCUT2D eigenvalue weighted by atomic mass is 35.5. The van der Waals surface area contributed by atoms with Crippen LogP contribution in [0.15, 0.2) is 24.3 Å². The van der Waals surface area contributed by atoms with Gasteiger partial charge < -0.3 is 10.4 Å². The SMILES string of the molecule is CC(=O)NC(C(=O)O)C(=O)CCc1cccc(Cl)c1. The summed E-state index contributed by atoms with van der Waals surface area (Å²) in [6.07, 6.45) is 0.403. The molecule has 0 heterocycles.